The van der Waals surface area contributed by atoms with Crippen molar-refractivity contribution >= 4 is 6.34 Å². The van der Waals surface area contributed by atoms with Gasteiger partial charge in [0.05, 0.1) is 0 Å². The zero-order valence-corrected chi connectivity index (χ0v) is 10.3. The Bertz CT molecular complexity index is 374. The maximum Gasteiger partial charge on any atom is 0.338 e. The first-order chi connectivity index (χ1) is 7.65. The molecule has 0 bridgehead atoms. The second-order valence-electron chi connectivity index (χ2n) is 3.29. The minimum Gasteiger partial charge on any atom is -0.313 e. The van der Waals surface area contributed by atoms with Gasteiger partial charge in [-0.1, -0.05) is 0 Å². The number of halogens is 1. The summed E-state index contributed by atoms with van der Waals surface area (Å²) >= 11 is 0. The number of nitrogens with zero attached hydrogens (tertiary/aromatic N) is 2. The lowest BCUT2D eigenvalue weighted by Crippen LogP contribution is -2.68. The minimum atomic E-state index is -4.94. The van der Waals surface area contributed by atoms with Crippen LogP contribution >= 0.6 is 0 Å². The molecule has 1 N–H and O–H groups in total. The summed E-state index contributed by atoms with van der Waals surface area (Å²) in [5.41, 5.74) is 3.34. The fourth-order valence-electron chi connectivity index (χ4n) is 1.35. The number of oxime groups is 1. The second-order valence-corrected chi connectivity index (χ2v) is 4.05. The van der Waals surface area contributed by atoms with Gasteiger partial charge in [-0.2, -0.15) is 0 Å². The number of rotatable bonds is 1. The van der Waals surface area contributed by atoms with E-state index in [9.17, 15) is 0 Å². The van der Waals surface area contributed by atoms with Crippen LogP contribution in [0.15, 0.2) is 17.3 Å². The van der Waals surface area contributed by atoms with Gasteiger partial charge < -0.3 is 5.21 Å². The van der Waals surface area contributed by atoms with Crippen molar-refractivity contribution in [1.29, 1.82) is 0 Å². The van der Waals surface area contributed by atoms with Crippen LogP contribution in [0.1, 0.15) is 17.0 Å². The molecule has 0 unspecified atom stereocenters. The Kier molecular flexibility index (Phi) is 6.00. The van der Waals surface area contributed by atoms with Crippen molar-refractivity contribution in [3.05, 3.63) is 29.1 Å². The number of aryl methyl sites for hydroxylation is 3. The third-order valence-electron chi connectivity index (χ3n) is 1.80. The average Bonchev–Trinajstić information content (AvgIpc) is 2.08. The van der Waals surface area contributed by atoms with Gasteiger partial charge in [0, 0.05) is 0 Å². The highest BCUT2D eigenvalue weighted by Gasteiger charge is 2.04. The first-order valence-corrected chi connectivity index (χ1v) is 5.67. The molecule has 0 radical (unpaired) electrons. The van der Waals surface area contributed by atoms with Crippen LogP contribution < -0.4 is 23.2 Å². The molecule has 1 aromatic rings. The highest BCUT2D eigenvalue weighted by molar-refractivity contribution is 5.43. The van der Waals surface area contributed by atoms with E-state index in [1.54, 1.807) is 0 Å². The predicted octanol–water partition coefficient (Wildman–Crippen LogP) is -3.59. The standard InChI is InChI=1S/C9H12N2O.ClHO4/c1-7-4-8(2)11(6-10-12)9(3)5-7;2-1(3,4)5/h4-6H,1-3H3;(H,2,3,4,5)/b10-6+;. The molecule has 96 valence electrons. The van der Waals surface area contributed by atoms with E-state index in [0.717, 1.165) is 11.4 Å². The van der Waals surface area contributed by atoms with E-state index in [1.165, 1.54) is 11.9 Å². The lowest BCUT2D eigenvalue weighted by atomic mass is 10.2. The van der Waals surface area contributed by atoms with E-state index >= 15 is 0 Å². The first kappa shape index (κ1) is 15.8. The molecule has 17 heavy (non-hydrogen) atoms. The molecule has 0 saturated heterocycles. The Morgan fingerprint density at radius 1 is 1.12 bits per heavy atom. The highest BCUT2D eigenvalue weighted by Crippen LogP contribution is 1.99. The van der Waals surface area contributed by atoms with Gasteiger partial charge in [-0.25, -0.2) is 23.2 Å². The maximum absolute atomic E-state index is 8.49. The van der Waals surface area contributed by atoms with E-state index < -0.39 is 10.2 Å². The number of hydrogen-bond acceptors (Lipinski definition) is 6. The molecule has 0 aliphatic carbocycles. The van der Waals surface area contributed by atoms with E-state index in [-0.39, 0.29) is 0 Å². The monoisotopic (exact) mass is 264 g/mol. The molecule has 0 aromatic carbocycles. The van der Waals surface area contributed by atoms with Gasteiger partial charge in [0.25, 0.3) is 0 Å². The largest absolute Gasteiger partial charge is 0.338 e. The van der Waals surface area contributed by atoms with Gasteiger partial charge in [-0.15, -0.1) is 10.2 Å². The molecule has 1 heterocycles. The fraction of sp³-hybridized carbons (Fsp3) is 0.333. The Morgan fingerprint density at radius 2 is 1.47 bits per heavy atom. The normalized spacial score (nSPS) is 11.2. The van der Waals surface area contributed by atoms with Crippen LogP contribution in [0.5, 0.6) is 0 Å². The molecule has 8 heteroatoms. The van der Waals surface area contributed by atoms with Crippen molar-refractivity contribution in [2.24, 2.45) is 5.16 Å². The van der Waals surface area contributed by atoms with E-state index in [2.05, 4.69) is 5.16 Å². The molecule has 1 rings (SSSR count). The summed E-state index contributed by atoms with van der Waals surface area (Å²) in [6, 6.07) is 4.07. The summed E-state index contributed by atoms with van der Waals surface area (Å²) in [4.78, 5) is 0. The van der Waals surface area contributed by atoms with Crippen molar-refractivity contribution in [3.63, 3.8) is 0 Å². The molecular formula is C9H13ClN2O5. The van der Waals surface area contributed by atoms with Crippen molar-refractivity contribution in [2.75, 3.05) is 0 Å². The molecular weight excluding hydrogens is 252 g/mol. The Morgan fingerprint density at radius 3 is 1.76 bits per heavy atom. The third kappa shape index (κ3) is 7.61. The van der Waals surface area contributed by atoms with Crippen molar-refractivity contribution in [2.45, 2.75) is 20.8 Å². The summed E-state index contributed by atoms with van der Waals surface area (Å²) in [7, 11) is -4.94. The SMILES string of the molecule is Cc1cc(C)[n+](/C=N/O)c(C)c1.[O-][Cl+3]([O-])([O-])[O-]. The molecule has 0 saturated carbocycles. The quantitative estimate of drug-likeness (QED) is 0.184. The molecule has 0 aliphatic rings. The minimum absolute atomic E-state index is 1.06. The number of hydrogen-bond donors (Lipinski definition) is 1. The van der Waals surface area contributed by atoms with Gasteiger partial charge >= 0.3 is 6.34 Å². The van der Waals surface area contributed by atoms with Crippen LogP contribution in [-0.4, -0.2) is 11.5 Å². The van der Waals surface area contributed by atoms with Crippen LogP contribution in [0, 0.1) is 31.0 Å². The molecule has 1 aromatic heterocycles. The summed E-state index contributed by atoms with van der Waals surface area (Å²) in [5.74, 6) is 0. The maximum atomic E-state index is 8.49. The van der Waals surface area contributed by atoms with Crippen LogP contribution in [0.2, 0.25) is 0 Å². The zero-order chi connectivity index (χ0) is 13.6. The predicted molar refractivity (Wildman–Crippen MR) is 46.5 cm³/mol. The van der Waals surface area contributed by atoms with Gasteiger partial charge in [0.1, 0.15) is 16.5 Å². The summed E-state index contributed by atoms with van der Waals surface area (Å²) in [6.45, 7) is 5.99. The van der Waals surface area contributed by atoms with Gasteiger partial charge in [-0.3, -0.25) is 0 Å². The fourth-order valence-corrected chi connectivity index (χ4v) is 1.35. The van der Waals surface area contributed by atoms with Crippen molar-refractivity contribution in [3.8, 4) is 0 Å². The topological polar surface area (TPSA) is 129 Å². The van der Waals surface area contributed by atoms with Crippen LogP contribution in [0.4, 0.5) is 0 Å². The Balaban J connectivity index is 0.000000437. The summed E-state index contributed by atoms with van der Waals surface area (Å²) in [6.07, 6.45) is 1.39. The molecule has 0 amide bonds. The molecule has 0 spiro atoms. The van der Waals surface area contributed by atoms with Crippen LogP contribution in [0.25, 0.3) is 0 Å². The van der Waals surface area contributed by atoms with E-state index in [4.69, 9.17) is 23.8 Å². The zero-order valence-electron chi connectivity index (χ0n) is 9.58. The number of pyridine rings is 1. The van der Waals surface area contributed by atoms with Crippen LogP contribution in [0.3, 0.4) is 0 Å². The molecule has 0 fully saturated rings. The number of aromatic nitrogens is 1. The van der Waals surface area contributed by atoms with E-state index in [0.29, 0.717) is 0 Å². The smallest absolute Gasteiger partial charge is 0.313 e. The summed E-state index contributed by atoms with van der Waals surface area (Å²) in [5, 5.41) is 11.4. The average molecular weight is 265 g/mol. The third-order valence-corrected chi connectivity index (χ3v) is 1.80. The van der Waals surface area contributed by atoms with Gasteiger partial charge in [0.2, 0.25) is 0 Å². The summed E-state index contributed by atoms with van der Waals surface area (Å²) < 4.78 is 35.8. The molecule has 0 aliphatic heterocycles. The molecule has 0 atom stereocenters. The highest BCUT2D eigenvalue weighted by atomic mass is 35.7. The van der Waals surface area contributed by atoms with Gasteiger partial charge in [-0.05, 0) is 38.5 Å². The van der Waals surface area contributed by atoms with E-state index in [1.807, 2.05) is 37.5 Å². The second kappa shape index (κ2) is 6.48. The Labute approximate surface area is 101 Å². The van der Waals surface area contributed by atoms with Crippen molar-refractivity contribution in [1.82, 2.24) is 0 Å². The lowest BCUT2D eigenvalue weighted by Gasteiger charge is -2.17. The molecule has 7 nitrogen and oxygen atoms in total. The lowest BCUT2D eigenvalue weighted by molar-refractivity contribution is -2.00. The Hall–Kier alpha value is -1.25. The van der Waals surface area contributed by atoms with Gasteiger partial charge in [0.15, 0.2) is 0 Å². The van der Waals surface area contributed by atoms with Crippen molar-refractivity contribution < 1.29 is 38.7 Å². The van der Waals surface area contributed by atoms with Crippen LogP contribution in [-0.2, 0) is 0 Å². The first-order valence-electron chi connectivity index (χ1n) is 4.44.